The molecule has 0 unspecified atom stereocenters. The molecule has 0 radical (unpaired) electrons. The average molecular weight is 899 g/mol. The van der Waals surface area contributed by atoms with Crippen LogP contribution in [0.5, 0.6) is 0 Å². The normalized spacial score (nSPS) is 12.1. The molecule has 0 aliphatic rings. The van der Waals surface area contributed by atoms with Gasteiger partial charge in [-0.3, -0.25) is 9.97 Å². The van der Waals surface area contributed by atoms with E-state index in [0.29, 0.717) is 28.2 Å². The number of aromatic nitrogens is 4. The zero-order valence-corrected chi connectivity index (χ0v) is 37.5. The van der Waals surface area contributed by atoms with Crippen LogP contribution in [0.4, 0.5) is 5.69 Å². The highest BCUT2D eigenvalue weighted by atomic mass is 32.1. The number of benzene rings is 9. The van der Waals surface area contributed by atoms with Crippen molar-refractivity contribution in [2.45, 2.75) is 0 Å². The quantitative estimate of drug-likeness (QED) is 0.131. The third-order valence-corrected chi connectivity index (χ3v) is 16.4. The molecular weight excluding hydrogens is 869 g/mol. The topological polar surface area (TPSA) is 63.8 Å². The number of hydrogen-bond donors (Lipinski definition) is 0. The van der Waals surface area contributed by atoms with E-state index in [9.17, 15) is 11.8 Å². The van der Waals surface area contributed by atoms with Gasteiger partial charge >= 0.3 is 0 Å². The second kappa shape index (κ2) is 13.8. The second-order valence-corrected chi connectivity index (χ2v) is 19.5. The standard InChI is InChI=1S/C60H30N6S2/c1-62-56-50(33-14-4-2-5-15-33)41(28-61)57(51(34-16-6-3-7-17-34)59(56)65-45-31-63-29-42-35-18-8-9-19-36(35)43-30-64-32-46(65)54(43)53(42)45)66-44-26-27-49-55(39-21-11-13-23-48(39)67-49)52(44)40-25-24-38-37-20-10-12-22-47(37)68-60(38)58(40)66/h2-27,29-32H. The minimum Gasteiger partial charge on any atom is -0.315 e. The van der Waals surface area contributed by atoms with E-state index in [1.807, 2.05) is 84.7 Å². The van der Waals surface area contributed by atoms with Gasteiger partial charge in [0.25, 0.3) is 0 Å². The van der Waals surface area contributed by atoms with Gasteiger partial charge in [0.2, 0.25) is 5.69 Å². The number of rotatable bonds is 4. The summed E-state index contributed by atoms with van der Waals surface area (Å²) in [6.07, 6.45) is 7.79. The van der Waals surface area contributed by atoms with Gasteiger partial charge in [0.15, 0.2) is 0 Å². The van der Waals surface area contributed by atoms with Crippen molar-refractivity contribution in [3.63, 3.8) is 0 Å². The highest BCUT2D eigenvalue weighted by molar-refractivity contribution is 7.27. The molecule has 68 heavy (non-hydrogen) atoms. The lowest BCUT2D eigenvalue weighted by atomic mass is 9.88. The summed E-state index contributed by atoms with van der Waals surface area (Å²) in [5.41, 5.74) is 8.92. The van der Waals surface area contributed by atoms with Crippen molar-refractivity contribution in [1.29, 1.82) is 5.26 Å². The molecule has 0 aliphatic heterocycles. The van der Waals surface area contributed by atoms with E-state index in [0.717, 1.165) is 91.9 Å². The maximum absolute atomic E-state index is 12.1. The first-order chi connectivity index (χ1) is 33.7. The SMILES string of the molecule is [C-]#[N+]c1c(-c2ccccc2)c(C#N)c(-n2c3ccc4sc5ccccc5c4c3c3ccc4c5ccccc5sc4c32)c(-c2ccccc2)c1-n1c2cncc3c4ccccc4c4cncc1c4c32. The molecule has 15 aromatic rings. The van der Waals surface area contributed by atoms with Gasteiger partial charge in [-0.15, -0.1) is 22.7 Å². The average Bonchev–Trinajstić information content (AvgIpc) is 4.16. The molecule has 6 nitrogen and oxygen atoms in total. The van der Waals surface area contributed by atoms with Gasteiger partial charge in [-0.2, -0.15) is 5.26 Å². The van der Waals surface area contributed by atoms with Crippen molar-refractivity contribution in [3.8, 4) is 39.7 Å². The maximum atomic E-state index is 12.1. The zero-order chi connectivity index (χ0) is 44.8. The highest BCUT2D eigenvalue weighted by Gasteiger charge is 2.33. The van der Waals surface area contributed by atoms with Crippen molar-refractivity contribution in [1.82, 2.24) is 19.1 Å². The van der Waals surface area contributed by atoms with E-state index in [1.54, 1.807) is 11.3 Å². The van der Waals surface area contributed by atoms with Gasteiger partial charge in [0, 0.05) is 91.5 Å². The molecule has 0 aliphatic carbocycles. The fourth-order valence-electron chi connectivity index (χ4n) is 11.4. The summed E-state index contributed by atoms with van der Waals surface area (Å²) in [6.45, 7) is 9.32. The summed E-state index contributed by atoms with van der Waals surface area (Å²) in [5.74, 6) is 0. The molecule has 0 saturated heterocycles. The molecule has 0 atom stereocenters. The van der Waals surface area contributed by atoms with Crippen molar-refractivity contribution >= 4 is 134 Å². The lowest BCUT2D eigenvalue weighted by Gasteiger charge is -2.25. The Kier molecular flexibility index (Phi) is 7.58. The Morgan fingerprint density at radius 3 is 1.65 bits per heavy atom. The fraction of sp³-hybridized carbons (Fsp3) is 0. The van der Waals surface area contributed by atoms with Gasteiger partial charge in [0.05, 0.1) is 62.7 Å². The second-order valence-electron chi connectivity index (χ2n) is 17.4. The Morgan fingerprint density at radius 1 is 0.441 bits per heavy atom. The van der Waals surface area contributed by atoms with E-state index in [1.165, 1.54) is 30.3 Å². The highest BCUT2D eigenvalue weighted by Crippen LogP contribution is 2.55. The van der Waals surface area contributed by atoms with Crippen LogP contribution in [0, 0.1) is 17.9 Å². The van der Waals surface area contributed by atoms with Gasteiger partial charge in [-0.05, 0) is 46.2 Å². The third kappa shape index (κ3) is 4.77. The summed E-state index contributed by atoms with van der Waals surface area (Å²) in [6, 6.07) is 58.0. The number of hydrogen-bond acceptors (Lipinski definition) is 5. The molecule has 6 aromatic heterocycles. The first-order valence-corrected chi connectivity index (χ1v) is 24.0. The Morgan fingerprint density at radius 2 is 1.00 bits per heavy atom. The summed E-state index contributed by atoms with van der Waals surface area (Å²) in [5, 5.41) is 25.4. The van der Waals surface area contributed by atoms with Gasteiger partial charge in [0.1, 0.15) is 6.07 Å². The molecule has 9 aromatic carbocycles. The van der Waals surface area contributed by atoms with Crippen molar-refractivity contribution in [3.05, 3.63) is 199 Å². The van der Waals surface area contributed by atoms with E-state index < -0.39 is 0 Å². The van der Waals surface area contributed by atoms with Crippen LogP contribution in [0.1, 0.15) is 5.56 Å². The number of nitrogens with zero attached hydrogens (tertiary/aromatic N) is 6. The van der Waals surface area contributed by atoms with Crippen LogP contribution < -0.4 is 0 Å². The fourth-order valence-corrected chi connectivity index (χ4v) is 13.8. The molecule has 0 bridgehead atoms. The van der Waals surface area contributed by atoms with Crippen LogP contribution in [-0.2, 0) is 0 Å². The van der Waals surface area contributed by atoms with E-state index in [-0.39, 0.29) is 0 Å². The number of nitriles is 1. The van der Waals surface area contributed by atoms with Crippen molar-refractivity contribution in [2.24, 2.45) is 0 Å². The largest absolute Gasteiger partial charge is 0.315 e. The molecule has 8 heteroatoms. The van der Waals surface area contributed by atoms with Gasteiger partial charge in [-0.1, -0.05) is 133 Å². The molecular formula is C60H30N6S2. The summed E-state index contributed by atoms with van der Waals surface area (Å²) >= 11 is 3.60. The molecule has 0 fully saturated rings. The molecule has 0 amide bonds. The first-order valence-electron chi connectivity index (χ1n) is 22.4. The smallest absolute Gasteiger partial charge is 0.220 e. The zero-order valence-electron chi connectivity index (χ0n) is 35.8. The Labute approximate surface area is 395 Å². The van der Waals surface area contributed by atoms with Crippen LogP contribution in [0.3, 0.4) is 0 Å². The molecule has 6 heterocycles. The van der Waals surface area contributed by atoms with Crippen molar-refractivity contribution < 1.29 is 0 Å². The Hall–Kier alpha value is -8.92. The van der Waals surface area contributed by atoms with Gasteiger partial charge in [-0.25, -0.2) is 4.85 Å². The van der Waals surface area contributed by atoms with Gasteiger partial charge < -0.3 is 9.13 Å². The number of thiophene rings is 2. The summed E-state index contributed by atoms with van der Waals surface area (Å²) in [4.78, 5) is 14.4. The molecule has 0 N–H and O–H groups in total. The maximum Gasteiger partial charge on any atom is 0.220 e. The molecule has 0 spiro atoms. The lowest BCUT2D eigenvalue weighted by molar-refractivity contribution is 1.13. The van der Waals surface area contributed by atoms with Crippen LogP contribution in [0.15, 0.2) is 183 Å². The van der Waals surface area contributed by atoms with Crippen LogP contribution in [0.2, 0.25) is 0 Å². The summed E-state index contributed by atoms with van der Waals surface area (Å²) < 4.78 is 9.37. The van der Waals surface area contributed by atoms with Crippen LogP contribution in [-0.4, -0.2) is 19.1 Å². The van der Waals surface area contributed by atoms with E-state index in [2.05, 4.69) is 129 Å². The number of fused-ring (bicyclic) bond motifs is 14. The van der Waals surface area contributed by atoms with E-state index >= 15 is 0 Å². The summed E-state index contributed by atoms with van der Waals surface area (Å²) in [7, 11) is 0. The predicted molar refractivity (Wildman–Crippen MR) is 285 cm³/mol. The van der Waals surface area contributed by atoms with Crippen LogP contribution >= 0.6 is 22.7 Å². The molecule has 0 saturated carbocycles. The Balaban J connectivity index is 1.25. The minimum absolute atomic E-state index is 0.376. The monoisotopic (exact) mass is 898 g/mol. The third-order valence-electron chi connectivity index (χ3n) is 14.1. The van der Waals surface area contributed by atoms with E-state index in [4.69, 9.17) is 9.97 Å². The molecule has 312 valence electrons. The molecule has 15 rings (SSSR count). The minimum atomic E-state index is 0.376. The van der Waals surface area contributed by atoms with Crippen molar-refractivity contribution in [2.75, 3.05) is 0 Å². The predicted octanol–water partition coefficient (Wildman–Crippen LogP) is 16.9. The lowest BCUT2D eigenvalue weighted by Crippen LogP contribution is -2.09. The first kappa shape index (κ1) is 37.3. The number of pyridine rings is 2. The Bertz CT molecular complexity index is 4670. The van der Waals surface area contributed by atoms with Crippen LogP contribution in [0.25, 0.3) is 144 Å².